The van der Waals surface area contributed by atoms with Gasteiger partial charge in [-0.05, 0) is 36.9 Å². The van der Waals surface area contributed by atoms with E-state index in [0.717, 1.165) is 38.9 Å². The zero-order chi connectivity index (χ0) is 18.5. The highest BCUT2D eigenvalue weighted by Crippen LogP contribution is 2.37. The van der Waals surface area contributed by atoms with E-state index in [0.29, 0.717) is 18.9 Å². The number of nitrogens with one attached hydrogen (secondary N) is 1. The Bertz CT molecular complexity index is 1160. The van der Waals surface area contributed by atoms with Crippen molar-refractivity contribution < 1.29 is 9.21 Å². The molecule has 0 saturated heterocycles. The van der Waals surface area contributed by atoms with Gasteiger partial charge >= 0.3 is 0 Å². The first-order valence-electron chi connectivity index (χ1n) is 8.85. The van der Waals surface area contributed by atoms with Crippen LogP contribution in [0.25, 0.3) is 16.4 Å². The molecule has 1 amide bonds. The molecule has 0 fully saturated rings. The maximum atomic E-state index is 12.4. The van der Waals surface area contributed by atoms with Gasteiger partial charge in [0.15, 0.2) is 0 Å². The second-order valence-corrected chi connectivity index (χ2v) is 7.80. The Morgan fingerprint density at radius 3 is 2.96 bits per heavy atom. The number of carbonyl (C=O) groups excluding carboxylic acids is 1. The van der Waals surface area contributed by atoms with Crippen LogP contribution in [0.1, 0.15) is 40.7 Å². The SMILES string of the molecule is Cc1ccc2nc3c(n2c1)[C@@H](c1nc(-c2cccs2)oc1C)CC(=O)NC3. The number of carbonyl (C=O) groups is 1. The quantitative estimate of drug-likeness (QED) is 0.576. The average molecular weight is 378 g/mol. The van der Waals surface area contributed by atoms with Crippen molar-refractivity contribution in [2.45, 2.75) is 32.7 Å². The van der Waals surface area contributed by atoms with E-state index in [1.807, 2.05) is 36.6 Å². The first-order chi connectivity index (χ1) is 13.1. The number of thiophene rings is 1. The van der Waals surface area contributed by atoms with Crippen molar-refractivity contribution in [3.8, 4) is 10.8 Å². The number of imidazole rings is 1. The molecule has 136 valence electrons. The molecule has 27 heavy (non-hydrogen) atoms. The number of aromatic nitrogens is 3. The van der Waals surface area contributed by atoms with Crippen LogP contribution in [-0.4, -0.2) is 20.3 Å². The fourth-order valence-electron chi connectivity index (χ4n) is 3.72. The van der Waals surface area contributed by atoms with Crippen molar-refractivity contribution in [1.29, 1.82) is 0 Å². The van der Waals surface area contributed by atoms with Gasteiger partial charge in [-0.3, -0.25) is 4.79 Å². The summed E-state index contributed by atoms with van der Waals surface area (Å²) in [6.45, 7) is 4.40. The molecule has 1 aliphatic rings. The maximum Gasteiger partial charge on any atom is 0.236 e. The summed E-state index contributed by atoms with van der Waals surface area (Å²) in [6.07, 6.45) is 2.39. The van der Waals surface area contributed by atoms with Crippen molar-refractivity contribution >= 4 is 22.9 Å². The Morgan fingerprint density at radius 1 is 1.26 bits per heavy atom. The number of aryl methyl sites for hydroxylation is 2. The van der Waals surface area contributed by atoms with Crippen molar-refractivity contribution in [2.24, 2.45) is 0 Å². The van der Waals surface area contributed by atoms with Crippen molar-refractivity contribution in [1.82, 2.24) is 19.7 Å². The summed E-state index contributed by atoms with van der Waals surface area (Å²) in [5, 5.41) is 4.96. The lowest BCUT2D eigenvalue weighted by Crippen LogP contribution is -2.21. The zero-order valence-electron chi connectivity index (χ0n) is 15.0. The Morgan fingerprint density at radius 2 is 2.15 bits per heavy atom. The molecule has 5 heterocycles. The maximum absolute atomic E-state index is 12.4. The second-order valence-electron chi connectivity index (χ2n) is 6.85. The van der Waals surface area contributed by atoms with Crippen LogP contribution in [0.2, 0.25) is 0 Å². The number of fused-ring (bicyclic) bond motifs is 3. The van der Waals surface area contributed by atoms with Crippen molar-refractivity contribution in [2.75, 3.05) is 0 Å². The Kier molecular flexibility index (Phi) is 3.65. The Balaban J connectivity index is 1.71. The van der Waals surface area contributed by atoms with Gasteiger partial charge in [-0.15, -0.1) is 11.3 Å². The lowest BCUT2D eigenvalue weighted by Gasteiger charge is -2.13. The lowest BCUT2D eigenvalue weighted by atomic mass is 9.95. The number of oxazole rings is 1. The first kappa shape index (κ1) is 16.3. The Labute approximate surface area is 159 Å². The fourth-order valence-corrected chi connectivity index (χ4v) is 4.37. The predicted octanol–water partition coefficient (Wildman–Crippen LogP) is 3.82. The highest BCUT2D eigenvalue weighted by molar-refractivity contribution is 7.13. The topological polar surface area (TPSA) is 72.4 Å². The molecule has 6 nitrogen and oxygen atoms in total. The van der Waals surface area contributed by atoms with E-state index >= 15 is 0 Å². The molecule has 0 unspecified atom stereocenters. The third-order valence-electron chi connectivity index (χ3n) is 4.95. The molecule has 0 aliphatic carbocycles. The van der Waals surface area contributed by atoms with E-state index in [2.05, 4.69) is 22.8 Å². The molecule has 1 atom stereocenters. The van der Waals surface area contributed by atoms with Gasteiger partial charge in [0.1, 0.15) is 11.4 Å². The standard InChI is InChI=1S/C20H18N4O2S/c1-11-5-6-16-22-14-9-21-17(25)8-13(19(14)24(16)10-11)18-12(2)26-20(23-18)15-4-3-7-27-15/h3-7,10,13H,8-9H2,1-2H3,(H,21,25)/t13-/m1/s1. The second kappa shape index (κ2) is 6.06. The number of rotatable bonds is 2. The number of pyridine rings is 1. The van der Waals surface area contributed by atoms with Crippen LogP contribution in [0.4, 0.5) is 0 Å². The number of amides is 1. The minimum atomic E-state index is -0.197. The van der Waals surface area contributed by atoms with E-state index in [1.54, 1.807) is 11.3 Å². The van der Waals surface area contributed by atoms with Crippen molar-refractivity contribution in [3.05, 3.63) is 64.2 Å². The van der Waals surface area contributed by atoms with E-state index < -0.39 is 0 Å². The third kappa shape index (κ3) is 2.66. The highest BCUT2D eigenvalue weighted by atomic mass is 32.1. The summed E-state index contributed by atoms with van der Waals surface area (Å²) in [5.41, 5.74) is 4.73. The molecule has 1 aliphatic heterocycles. The van der Waals surface area contributed by atoms with Crippen LogP contribution >= 0.6 is 11.3 Å². The van der Waals surface area contributed by atoms with Gasteiger partial charge in [0.25, 0.3) is 0 Å². The van der Waals surface area contributed by atoms with Gasteiger partial charge in [0, 0.05) is 12.6 Å². The summed E-state index contributed by atoms with van der Waals surface area (Å²) in [6, 6.07) is 8.02. The summed E-state index contributed by atoms with van der Waals surface area (Å²) < 4.78 is 8.05. The molecule has 0 bridgehead atoms. The van der Waals surface area contributed by atoms with E-state index in [-0.39, 0.29) is 11.8 Å². The fraction of sp³-hybridized carbons (Fsp3) is 0.250. The predicted molar refractivity (Wildman–Crippen MR) is 103 cm³/mol. The molecule has 7 heteroatoms. The summed E-state index contributed by atoms with van der Waals surface area (Å²) in [7, 11) is 0. The number of nitrogens with zero attached hydrogens (tertiary/aromatic N) is 3. The molecule has 0 radical (unpaired) electrons. The van der Waals surface area contributed by atoms with E-state index in [4.69, 9.17) is 14.4 Å². The number of hydrogen-bond donors (Lipinski definition) is 1. The van der Waals surface area contributed by atoms with Crippen LogP contribution in [0.15, 0.2) is 40.3 Å². The zero-order valence-corrected chi connectivity index (χ0v) is 15.8. The Hall–Kier alpha value is -2.93. The highest BCUT2D eigenvalue weighted by Gasteiger charge is 2.32. The minimum Gasteiger partial charge on any atom is -0.440 e. The van der Waals surface area contributed by atoms with Gasteiger partial charge in [0.2, 0.25) is 11.8 Å². The molecule has 0 aromatic carbocycles. The smallest absolute Gasteiger partial charge is 0.236 e. The average Bonchev–Trinajstić information content (AvgIpc) is 3.34. The molecule has 1 N–H and O–H groups in total. The van der Waals surface area contributed by atoms with Crippen LogP contribution in [0.3, 0.4) is 0 Å². The normalized spacial score (nSPS) is 17.0. The largest absolute Gasteiger partial charge is 0.440 e. The van der Waals surface area contributed by atoms with Gasteiger partial charge in [-0.25, -0.2) is 9.97 Å². The van der Waals surface area contributed by atoms with E-state index in [9.17, 15) is 4.79 Å². The van der Waals surface area contributed by atoms with Crippen LogP contribution in [0, 0.1) is 13.8 Å². The van der Waals surface area contributed by atoms with Gasteiger partial charge < -0.3 is 14.1 Å². The summed E-state index contributed by atoms with van der Waals surface area (Å²) >= 11 is 1.59. The molecular formula is C20H18N4O2S. The van der Waals surface area contributed by atoms with Crippen molar-refractivity contribution in [3.63, 3.8) is 0 Å². The van der Waals surface area contributed by atoms with Gasteiger partial charge in [-0.2, -0.15) is 0 Å². The minimum absolute atomic E-state index is 0.000485. The van der Waals surface area contributed by atoms with Crippen LogP contribution in [0.5, 0.6) is 0 Å². The van der Waals surface area contributed by atoms with Gasteiger partial charge in [0.05, 0.1) is 34.4 Å². The van der Waals surface area contributed by atoms with E-state index in [1.165, 1.54) is 0 Å². The molecule has 4 aromatic heterocycles. The molecule has 5 rings (SSSR count). The number of hydrogen-bond acceptors (Lipinski definition) is 5. The molecular weight excluding hydrogens is 360 g/mol. The first-order valence-corrected chi connectivity index (χ1v) is 9.73. The molecule has 4 aromatic rings. The van der Waals surface area contributed by atoms with Crippen LogP contribution in [-0.2, 0) is 11.3 Å². The molecule has 0 spiro atoms. The summed E-state index contributed by atoms with van der Waals surface area (Å²) in [5.74, 6) is 1.15. The third-order valence-corrected chi connectivity index (χ3v) is 5.80. The molecule has 0 saturated carbocycles. The van der Waals surface area contributed by atoms with Gasteiger partial charge in [-0.1, -0.05) is 12.1 Å². The lowest BCUT2D eigenvalue weighted by molar-refractivity contribution is -0.121. The van der Waals surface area contributed by atoms with Crippen LogP contribution < -0.4 is 5.32 Å². The summed E-state index contributed by atoms with van der Waals surface area (Å²) in [4.78, 5) is 22.9. The monoisotopic (exact) mass is 378 g/mol.